The molecule has 0 aliphatic carbocycles. The Morgan fingerprint density at radius 2 is 1.40 bits per heavy atom. The molecule has 0 heterocycles. The molecule has 0 bridgehead atoms. The van der Waals surface area contributed by atoms with Crippen molar-refractivity contribution in [1.82, 2.24) is 10.6 Å². The SMILES string of the molecule is CCC(=O)NC(C)C.CCCOCCC(=O)NC(C)C. The van der Waals surface area contributed by atoms with E-state index in [-0.39, 0.29) is 23.9 Å². The fourth-order valence-corrected chi connectivity index (χ4v) is 1.23. The standard InChI is InChI=1S/C9H19NO2.C6H13NO/c1-4-6-12-7-5-9(11)10-8(2)3;1-4-6(8)7-5(2)3/h8H,4-7H2,1-3H3,(H,10,11);5H,4H2,1-3H3,(H,7,8). The van der Waals surface area contributed by atoms with Crippen molar-refractivity contribution >= 4 is 11.8 Å². The van der Waals surface area contributed by atoms with Crippen LogP contribution in [0.1, 0.15) is 60.8 Å². The van der Waals surface area contributed by atoms with Gasteiger partial charge in [-0.3, -0.25) is 9.59 Å². The molecule has 20 heavy (non-hydrogen) atoms. The summed E-state index contributed by atoms with van der Waals surface area (Å²) in [4.78, 5) is 21.5. The third-order valence-corrected chi connectivity index (χ3v) is 2.04. The van der Waals surface area contributed by atoms with E-state index >= 15 is 0 Å². The van der Waals surface area contributed by atoms with Gasteiger partial charge in [-0.1, -0.05) is 13.8 Å². The second-order valence-electron chi connectivity index (χ2n) is 5.16. The number of ether oxygens (including phenoxy) is 1. The average Bonchev–Trinajstić information content (AvgIpc) is 2.33. The lowest BCUT2D eigenvalue weighted by Crippen LogP contribution is -2.30. The zero-order valence-corrected chi connectivity index (χ0v) is 13.9. The van der Waals surface area contributed by atoms with Gasteiger partial charge in [-0.15, -0.1) is 0 Å². The molecule has 5 heteroatoms. The topological polar surface area (TPSA) is 67.4 Å². The highest BCUT2D eigenvalue weighted by molar-refractivity contribution is 5.76. The van der Waals surface area contributed by atoms with Crippen molar-refractivity contribution in [3.63, 3.8) is 0 Å². The molecule has 0 aromatic carbocycles. The summed E-state index contributed by atoms with van der Waals surface area (Å²) in [5.74, 6) is 0.195. The normalized spacial score (nSPS) is 10.0. The van der Waals surface area contributed by atoms with E-state index in [0.29, 0.717) is 19.4 Å². The Bertz CT molecular complexity index is 254. The smallest absolute Gasteiger partial charge is 0.222 e. The number of carbonyl (C=O) groups excluding carboxylic acids is 2. The van der Waals surface area contributed by atoms with Gasteiger partial charge >= 0.3 is 0 Å². The molecule has 0 aromatic rings. The summed E-state index contributed by atoms with van der Waals surface area (Å²) < 4.78 is 5.17. The van der Waals surface area contributed by atoms with E-state index in [1.165, 1.54) is 0 Å². The molecule has 0 spiro atoms. The lowest BCUT2D eigenvalue weighted by atomic mass is 10.3. The van der Waals surface area contributed by atoms with Crippen LogP contribution in [-0.4, -0.2) is 37.1 Å². The van der Waals surface area contributed by atoms with Crippen LogP contribution in [0.2, 0.25) is 0 Å². The number of nitrogens with one attached hydrogen (secondary N) is 2. The molecule has 5 nitrogen and oxygen atoms in total. The quantitative estimate of drug-likeness (QED) is 0.673. The van der Waals surface area contributed by atoms with E-state index in [1.54, 1.807) is 0 Å². The molecule has 0 rings (SSSR count). The second kappa shape index (κ2) is 14.3. The van der Waals surface area contributed by atoms with Crippen LogP contribution in [0, 0.1) is 0 Å². The fourth-order valence-electron chi connectivity index (χ4n) is 1.23. The van der Waals surface area contributed by atoms with Crippen LogP contribution in [0.15, 0.2) is 0 Å². The third-order valence-electron chi connectivity index (χ3n) is 2.04. The Labute approximate surface area is 123 Å². The molecule has 0 saturated carbocycles. The van der Waals surface area contributed by atoms with Gasteiger partial charge in [-0.2, -0.15) is 0 Å². The maximum absolute atomic E-state index is 11.0. The van der Waals surface area contributed by atoms with Crippen molar-refractivity contribution in [3.05, 3.63) is 0 Å². The van der Waals surface area contributed by atoms with Crippen LogP contribution >= 0.6 is 0 Å². The zero-order chi connectivity index (χ0) is 16.0. The maximum atomic E-state index is 11.0. The number of hydrogen-bond donors (Lipinski definition) is 2. The van der Waals surface area contributed by atoms with Gasteiger partial charge in [0.15, 0.2) is 0 Å². The summed E-state index contributed by atoms with van der Waals surface area (Å²) in [6.07, 6.45) is 2.06. The van der Waals surface area contributed by atoms with Gasteiger partial charge in [-0.05, 0) is 34.1 Å². The highest BCUT2D eigenvalue weighted by Gasteiger charge is 2.01. The highest BCUT2D eigenvalue weighted by Crippen LogP contribution is 1.87. The molecule has 0 saturated heterocycles. The second-order valence-corrected chi connectivity index (χ2v) is 5.16. The lowest BCUT2D eigenvalue weighted by molar-refractivity contribution is -0.123. The van der Waals surface area contributed by atoms with Crippen molar-refractivity contribution in [2.45, 2.75) is 72.9 Å². The minimum absolute atomic E-state index is 0.0705. The van der Waals surface area contributed by atoms with Gasteiger partial charge in [0.25, 0.3) is 0 Å². The number of hydrogen-bond acceptors (Lipinski definition) is 3. The number of rotatable bonds is 8. The first-order chi connectivity index (χ1) is 9.33. The minimum Gasteiger partial charge on any atom is -0.381 e. The van der Waals surface area contributed by atoms with Crippen LogP contribution in [0.25, 0.3) is 0 Å². The first-order valence-electron chi connectivity index (χ1n) is 7.49. The van der Waals surface area contributed by atoms with Crippen LogP contribution < -0.4 is 10.6 Å². The van der Waals surface area contributed by atoms with E-state index < -0.39 is 0 Å². The Hall–Kier alpha value is -1.10. The van der Waals surface area contributed by atoms with Gasteiger partial charge in [0, 0.05) is 31.5 Å². The first-order valence-corrected chi connectivity index (χ1v) is 7.49. The molecule has 0 aromatic heterocycles. The van der Waals surface area contributed by atoms with Crippen molar-refractivity contribution in [2.24, 2.45) is 0 Å². The molecule has 0 atom stereocenters. The number of carbonyl (C=O) groups is 2. The van der Waals surface area contributed by atoms with Gasteiger partial charge in [0.1, 0.15) is 0 Å². The Balaban J connectivity index is 0. The lowest BCUT2D eigenvalue weighted by Gasteiger charge is -2.07. The predicted octanol–water partition coefficient (Wildman–Crippen LogP) is 2.25. The zero-order valence-electron chi connectivity index (χ0n) is 13.9. The van der Waals surface area contributed by atoms with Crippen molar-refractivity contribution in [2.75, 3.05) is 13.2 Å². The molecular weight excluding hydrogens is 256 g/mol. The Morgan fingerprint density at radius 1 is 0.900 bits per heavy atom. The van der Waals surface area contributed by atoms with E-state index in [2.05, 4.69) is 10.6 Å². The molecule has 2 N–H and O–H groups in total. The Morgan fingerprint density at radius 3 is 1.75 bits per heavy atom. The van der Waals surface area contributed by atoms with E-state index in [1.807, 2.05) is 41.5 Å². The van der Waals surface area contributed by atoms with E-state index in [4.69, 9.17) is 4.74 Å². The van der Waals surface area contributed by atoms with Crippen LogP contribution in [0.3, 0.4) is 0 Å². The summed E-state index contributed by atoms with van der Waals surface area (Å²) in [5, 5.41) is 5.55. The minimum atomic E-state index is 0.0705. The largest absolute Gasteiger partial charge is 0.381 e. The summed E-state index contributed by atoms with van der Waals surface area (Å²) in [5.41, 5.74) is 0. The van der Waals surface area contributed by atoms with Crippen molar-refractivity contribution in [1.29, 1.82) is 0 Å². The van der Waals surface area contributed by atoms with Gasteiger partial charge in [0.05, 0.1) is 6.61 Å². The molecule has 2 amide bonds. The average molecular weight is 288 g/mol. The Kier molecular flexibility index (Phi) is 15.2. The molecular formula is C15H32N2O3. The first kappa shape index (κ1) is 21.2. The maximum Gasteiger partial charge on any atom is 0.222 e. The molecule has 0 aliphatic rings. The van der Waals surface area contributed by atoms with E-state index in [9.17, 15) is 9.59 Å². The van der Waals surface area contributed by atoms with Crippen LogP contribution in [-0.2, 0) is 14.3 Å². The van der Waals surface area contributed by atoms with E-state index in [0.717, 1.165) is 13.0 Å². The van der Waals surface area contributed by atoms with Crippen LogP contribution in [0.4, 0.5) is 0 Å². The van der Waals surface area contributed by atoms with Gasteiger partial charge < -0.3 is 15.4 Å². The highest BCUT2D eigenvalue weighted by atomic mass is 16.5. The van der Waals surface area contributed by atoms with Crippen LogP contribution in [0.5, 0.6) is 0 Å². The predicted molar refractivity (Wildman–Crippen MR) is 82.6 cm³/mol. The van der Waals surface area contributed by atoms with Gasteiger partial charge in [-0.25, -0.2) is 0 Å². The van der Waals surface area contributed by atoms with Crippen molar-refractivity contribution in [3.8, 4) is 0 Å². The monoisotopic (exact) mass is 288 g/mol. The molecule has 0 aliphatic heterocycles. The summed E-state index contributed by atoms with van der Waals surface area (Å²) in [6, 6.07) is 0.506. The summed E-state index contributed by atoms with van der Waals surface area (Å²) in [6.45, 7) is 13.0. The number of amides is 2. The third kappa shape index (κ3) is 19.2. The molecule has 0 fully saturated rings. The molecule has 0 radical (unpaired) electrons. The summed E-state index contributed by atoms with van der Waals surface area (Å²) >= 11 is 0. The fraction of sp³-hybridized carbons (Fsp3) is 0.867. The summed E-state index contributed by atoms with van der Waals surface area (Å²) in [7, 11) is 0. The molecule has 120 valence electrons. The van der Waals surface area contributed by atoms with Gasteiger partial charge in [0.2, 0.25) is 11.8 Å². The molecule has 0 unspecified atom stereocenters. The van der Waals surface area contributed by atoms with Crippen molar-refractivity contribution < 1.29 is 14.3 Å².